The van der Waals surface area contributed by atoms with Crippen LogP contribution >= 0.6 is 23.2 Å². The van der Waals surface area contributed by atoms with Crippen molar-refractivity contribution in [3.8, 4) is 0 Å². The monoisotopic (exact) mass is 301 g/mol. The van der Waals surface area contributed by atoms with Crippen LogP contribution in [0.2, 0.25) is 10.0 Å². The third-order valence-corrected chi connectivity index (χ3v) is 4.50. The molecule has 1 nitrogen and oxygen atoms in total. The summed E-state index contributed by atoms with van der Waals surface area (Å²) in [6.07, 6.45) is 4.88. The summed E-state index contributed by atoms with van der Waals surface area (Å²) in [6, 6.07) is 6.23. The van der Waals surface area contributed by atoms with E-state index in [0.717, 1.165) is 18.5 Å². The molecule has 3 heteroatoms. The molecule has 0 aliphatic heterocycles. The second-order valence-corrected chi connectivity index (χ2v) is 5.77. The summed E-state index contributed by atoms with van der Waals surface area (Å²) in [7, 11) is 0. The molecule has 2 atom stereocenters. The van der Waals surface area contributed by atoms with Gasteiger partial charge in [0.15, 0.2) is 0 Å². The van der Waals surface area contributed by atoms with Gasteiger partial charge in [0.25, 0.3) is 0 Å². The standard InChI is InChI=1S/C16H25Cl2N/c1-4-7-9-12(5-2)16(19-6-3)13-10-8-11-14(17)15(13)18/h8,10-12,16,19H,4-7,9H2,1-3H3. The fourth-order valence-corrected chi connectivity index (χ4v) is 3.01. The third kappa shape index (κ3) is 4.66. The number of halogens is 2. The Kier molecular flexibility index (Phi) is 7.82. The van der Waals surface area contributed by atoms with Crippen LogP contribution in [0.4, 0.5) is 0 Å². The fourth-order valence-electron chi connectivity index (χ4n) is 2.58. The molecule has 0 aromatic heterocycles. The summed E-state index contributed by atoms with van der Waals surface area (Å²) in [6.45, 7) is 7.57. The molecule has 0 aliphatic rings. The molecule has 0 heterocycles. The van der Waals surface area contributed by atoms with Gasteiger partial charge in [0, 0.05) is 6.04 Å². The van der Waals surface area contributed by atoms with Crippen molar-refractivity contribution in [3.63, 3.8) is 0 Å². The zero-order valence-corrected chi connectivity index (χ0v) is 13.7. The molecule has 0 saturated carbocycles. The van der Waals surface area contributed by atoms with Crippen molar-refractivity contribution in [3.05, 3.63) is 33.8 Å². The Labute approximate surface area is 127 Å². The van der Waals surface area contributed by atoms with Gasteiger partial charge >= 0.3 is 0 Å². The van der Waals surface area contributed by atoms with E-state index in [1.807, 2.05) is 12.1 Å². The Bertz CT molecular complexity index is 379. The predicted octanol–water partition coefficient (Wildman–Crippen LogP) is 5.86. The Morgan fingerprint density at radius 3 is 2.47 bits per heavy atom. The lowest BCUT2D eigenvalue weighted by Gasteiger charge is -2.28. The van der Waals surface area contributed by atoms with Crippen molar-refractivity contribution >= 4 is 23.2 Å². The van der Waals surface area contributed by atoms with Crippen LogP contribution in [0.1, 0.15) is 58.1 Å². The minimum absolute atomic E-state index is 0.299. The van der Waals surface area contributed by atoms with Gasteiger partial charge in [-0.1, -0.05) is 75.4 Å². The van der Waals surface area contributed by atoms with Gasteiger partial charge in [0.1, 0.15) is 0 Å². The van der Waals surface area contributed by atoms with Crippen LogP contribution in [-0.4, -0.2) is 6.54 Å². The molecule has 1 aromatic rings. The zero-order chi connectivity index (χ0) is 14.3. The highest BCUT2D eigenvalue weighted by molar-refractivity contribution is 6.42. The smallest absolute Gasteiger partial charge is 0.0640 e. The number of unbranched alkanes of at least 4 members (excludes halogenated alkanes) is 1. The molecule has 1 rings (SSSR count). The predicted molar refractivity (Wildman–Crippen MR) is 86.2 cm³/mol. The average molecular weight is 302 g/mol. The van der Waals surface area contributed by atoms with Crippen molar-refractivity contribution < 1.29 is 0 Å². The SMILES string of the molecule is CCCCC(CC)C(NCC)c1cccc(Cl)c1Cl. The molecule has 19 heavy (non-hydrogen) atoms. The minimum Gasteiger partial charge on any atom is -0.310 e. The second kappa shape index (κ2) is 8.84. The van der Waals surface area contributed by atoms with E-state index in [1.165, 1.54) is 19.3 Å². The van der Waals surface area contributed by atoms with Crippen molar-refractivity contribution in [1.82, 2.24) is 5.32 Å². The molecule has 0 spiro atoms. The Balaban J connectivity index is 3.00. The van der Waals surface area contributed by atoms with Gasteiger partial charge in [0.05, 0.1) is 10.0 Å². The maximum absolute atomic E-state index is 6.39. The molecule has 0 fully saturated rings. The van der Waals surface area contributed by atoms with Gasteiger partial charge in [-0.3, -0.25) is 0 Å². The Hall–Kier alpha value is -0.240. The topological polar surface area (TPSA) is 12.0 Å². The first-order valence-corrected chi connectivity index (χ1v) is 8.08. The number of hydrogen-bond donors (Lipinski definition) is 1. The van der Waals surface area contributed by atoms with Gasteiger partial charge in [0.2, 0.25) is 0 Å². The molecular weight excluding hydrogens is 277 g/mol. The number of hydrogen-bond acceptors (Lipinski definition) is 1. The zero-order valence-electron chi connectivity index (χ0n) is 12.2. The molecule has 108 valence electrons. The molecular formula is C16H25Cl2N. The normalized spacial score (nSPS) is 14.4. The molecule has 1 aromatic carbocycles. The van der Waals surface area contributed by atoms with Gasteiger partial charge in [-0.25, -0.2) is 0 Å². The average Bonchev–Trinajstić information content (AvgIpc) is 2.41. The summed E-state index contributed by atoms with van der Waals surface area (Å²) in [5, 5.41) is 4.93. The van der Waals surface area contributed by atoms with Gasteiger partial charge in [-0.05, 0) is 30.5 Å². The quantitative estimate of drug-likeness (QED) is 0.634. The molecule has 1 N–H and O–H groups in total. The van der Waals surface area contributed by atoms with E-state index in [2.05, 4.69) is 32.2 Å². The minimum atomic E-state index is 0.299. The second-order valence-electron chi connectivity index (χ2n) is 4.99. The van der Waals surface area contributed by atoms with Crippen LogP contribution < -0.4 is 5.32 Å². The number of rotatable bonds is 8. The summed E-state index contributed by atoms with van der Waals surface area (Å²) < 4.78 is 0. The van der Waals surface area contributed by atoms with Crippen molar-refractivity contribution in [2.75, 3.05) is 6.54 Å². The highest BCUT2D eigenvalue weighted by Crippen LogP contribution is 2.36. The Morgan fingerprint density at radius 1 is 1.16 bits per heavy atom. The van der Waals surface area contributed by atoms with Crippen LogP contribution in [0.15, 0.2) is 18.2 Å². The van der Waals surface area contributed by atoms with E-state index in [9.17, 15) is 0 Å². The lowest BCUT2D eigenvalue weighted by Crippen LogP contribution is -2.28. The largest absolute Gasteiger partial charge is 0.310 e. The molecule has 0 radical (unpaired) electrons. The molecule has 0 saturated heterocycles. The highest BCUT2D eigenvalue weighted by Gasteiger charge is 2.23. The first-order valence-electron chi connectivity index (χ1n) is 7.32. The van der Waals surface area contributed by atoms with E-state index >= 15 is 0 Å². The van der Waals surface area contributed by atoms with E-state index in [4.69, 9.17) is 23.2 Å². The lowest BCUT2D eigenvalue weighted by molar-refractivity contribution is 0.328. The first-order chi connectivity index (χ1) is 9.15. The van der Waals surface area contributed by atoms with Crippen molar-refractivity contribution in [1.29, 1.82) is 0 Å². The van der Waals surface area contributed by atoms with Gasteiger partial charge in [-0.2, -0.15) is 0 Å². The van der Waals surface area contributed by atoms with Crippen LogP contribution in [0, 0.1) is 5.92 Å². The van der Waals surface area contributed by atoms with Crippen molar-refractivity contribution in [2.24, 2.45) is 5.92 Å². The van der Waals surface area contributed by atoms with E-state index < -0.39 is 0 Å². The number of benzene rings is 1. The van der Waals surface area contributed by atoms with Crippen LogP contribution in [0.5, 0.6) is 0 Å². The van der Waals surface area contributed by atoms with Crippen LogP contribution in [0.3, 0.4) is 0 Å². The first kappa shape index (κ1) is 16.8. The summed E-state index contributed by atoms with van der Waals surface area (Å²) >= 11 is 12.5. The van der Waals surface area contributed by atoms with Gasteiger partial charge in [-0.15, -0.1) is 0 Å². The van der Waals surface area contributed by atoms with E-state index in [0.29, 0.717) is 22.0 Å². The summed E-state index contributed by atoms with van der Waals surface area (Å²) in [5.74, 6) is 0.607. The van der Waals surface area contributed by atoms with Crippen molar-refractivity contribution in [2.45, 2.75) is 52.5 Å². The molecule has 0 bridgehead atoms. The van der Waals surface area contributed by atoms with Gasteiger partial charge < -0.3 is 5.32 Å². The van der Waals surface area contributed by atoms with E-state index in [1.54, 1.807) is 0 Å². The lowest BCUT2D eigenvalue weighted by atomic mass is 9.87. The maximum Gasteiger partial charge on any atom is 0.0640 e. The molecule has 2 unspecified atom stereocenters. The molecule has 0 aliphatic carbocycles. The highest BCUT2D eigenvalue weighted by atomic mass is 35.5. The summed E-state index contributed by atoms with van der Waals surface area (Å²) in [5.41, 5.74) is 1.14. The van der Waals surface area contributed by atoms with Crippen LogP contribution in [-0.2, 0) is 0 Å². The Morgan fingerprint density at radius 2 is 1.89 bits per heavy atom. The fraction of sp³-hybridized carbons (Fsp3) is 0.625. The summed E-state index contributed by atoms with van der Waals surface area (Å²) in [4.78, 5) is 0. The molecule has 0 amide bonds. The maximum atomic E-state index is 6.39. The third-order valence-electron chi connectivity index (χ3n) is 3.66. The van der Waals surface area contributed by atoms with Crippen LogP contribution in [0.25, 0.3) is 0 Å². The number of nitrogens with one attached hydrogen (secondary N) is 1. The van der Waals surface area contributed by atoms with E-state index in [-0.39, 0.29) is 0 Å².